The fraction of sp³-hybridized carbons (Fsp3) is 0. The molecule has 0 aliphatic rings. The summed E-state index contributed by atoms with van der Waals surface area (Å²) in [6, 6.07) is 43.6. The number of rotatable bonds is 3. The molecule has 0 amide bonds. The monoisotopic (exact) mass is 521 g/mol. The van der Waals surface area contributed by atoms with Crippen LogP contribution in [0.3, 0.4) is 0 Å². The van der Waals surface area contributed by atoms with Crippen LogP contribution in [0.15, 0.2) is 121 Å². The van der Waals surface area contributed by atoms with Crippen LogP contribution < -0.4 is 0 Å². The molecule has 1 aromatic heterocycles. The van der Waals surface area contributed by atoms with Crippen LogP contribution in [0.25, 0.3) is 49.7 Å². The van der Waals surface area contributed by atoms with E-state index in [4.69, 9.17) is 0 Å². The average molecular weight is 521 g/mol. The third kappa shape index (κ3) is 3.23. The lowest BCUT2D eigenvalue weighted by Gasteiger charge is -2.14. The van der Waals surface area contributed by atoms with Gasteiger partial charge in [0.15, 0.2) is 0 Å². The predicted octanol–water partition coefficient (Wildman–Crippen LogP) is 8.72. The summed E-state index contributed by atoms with van der Waals surface area (Å²) in [5.41, 5.74) is 8.60. The van der Waals surface area contributed by atoms with E-state index in [1.807, 2.05) is 0 Å². The molecule has 5 aromatic carbocycles. The molecule has 1 heterocycles. The van der Waals surface area contributed by atoms with Crippen molar-refractivity contribution in [1.29, 1.82) is 0 Å². The number of nitrogens with zero attached hydrogens (tertiary/aromatic N) is 1. The number of benzene rings is 5. The van der Waals surface area contributed by atoms with Gasteiger partial charge >= 0.3 is 0 Å². The summed E-state index contributed by atoms with van der Waals surface area (Å²) in [6.07, 6.45) is 0. The van der Waals surface area contributed by atoms with Crippen molar-refractivity contribution in [3.05, 3.63) is 125 Å². The molecule has 0 spiro atoms. The third-order valence-corrected chi connectivity index (χ3v) is 6.75. The first kappa shape index (κ1) is 19.3. The fourth-order valence-electron chi connectivity index (χ4n) is 4.59. The highest BCUT2D eigenvalue weighted by atomic mass is 127. The smallest absolute Gasteiger partial charge is 0.0542 e. The van der Waals surface area contributed by atoms with Crippen molar-refractivity contribution >= 4 is 44.4 Å². The quantitative estimate of drug-likeness (QED) is 0.205. The zero-order chi connectivity index (χ0) is 21.5. The molecule has 6 rings (SSSR count). The third-order valence-electron chi connectivity index (χ3n) is 6.08. The summed E-state index contributed by atoms with van der Waals surface area (Å²) in [5, 5.41) is 2.58. The molecular weight excluding hydrogens is 501 g/mol. The van der Waals surface area contributed by atoms with Gasteiger partial charge in [0.25, 0.3) is 0 Å². The summed E-state index contributed by atoms with van der Waals surface area (Å²) in [6.45, 7) is 0. The molecule has 0 aliphatic carbocycles. The normalized spacial score (nSPS) is 11.3. The predicted molar refractivity (Wildman–Crippen MR) is 144 cm³/mol. The lowest BCUT2D eigenvalue weighted by atomic mass is 9.99. The number of halogens is 1. The lowest BCUT2D eigenvalue weighted by Crippen LogP contribution is -1.97. The van der Waals surface area contributed by atoms with Gasteiger partial charge in [-0.3, -0.25) is 0 Å². The summed E-state index contributed by atoms with van der Waals surface area (Å²) >= 11 is 2.40. The van der Waals surface area contributed by atoms with Crippen LogP contribution in [0.1, 0.15) is 0 Å². The topological polar surface area (TPSA) is 4.93 Å². The second kappa shape index (κ2) is 7.95. The van der Waals surface area contributed by atoms with E-state index in [0.717, 1.165) is 0 Å². The van der Waals surface area contributed by atoms with Gasteiger partial charge in [0.1, 0.15) is 0 Å². The number of hydrogen-bond acceptors (Lipinski definition) is 0. The van der Waals surface area contributed by atoms with Crippen LogP contribution in [0.2, 0.25) is 0 Å². The van der Waals surface area contributed by atoms with Gasteiger partial charge in [0.2, 0.25) is 0 Å². The second-order valence-corrected chi connectivity index (χ2v) is 9.22. The molecule has 0 radical (unpaired) electrons. The van der Waals surface area contributed by atoms with Gasteiger partial charge in [-0.1, -0.05) is 91.0 Å². The summed E-state index contributed by atoms with van der Waals surface area (Å²) in [7, 11) is 0. The summed E-state index contributed by atoms with van der Waals surface area (Å²) in [5.74, 6) is 0. The van der Waals surface area contributed by atoms with Crippen LogP contribution in [0.5, 0.6) is 0 Å². The first-order valence-electron chi connectivity index (χ1n) is 10.7. The Morgan fingerprint density at radius 1 is 0.469 bits per heavy atom. The Morgan fingerprint density at radius 2 is 1.09 bits per heavy atom. The van der Waals surface area contributed by atoms with E-state index in [2.05, 4.69) is 148 Å². The SMILES string of the molecule is Ic1ccc2c(c1)c1ccccc1n2-c1ccccc1-c1ccc(-c2ccccc2)cc1. The molecule has 0 aliphatic heterocycles. The van der Waals surface area contributed by atoms with Crippen LogP contribution in [0, 0.1) is 3.57 Å². The Labute approximate surface area is 201 Å². The maximum atomic E-state index is 2.40. The second-order valence-electron chi connectivity index (χ2n) is 7.97. The Balaban J connectivity index is 1.56. The van der Waals surface area contributed by atoms with Crippen molar-refractivity contribution in [2.45, 2.75) is 0 Å². The first-order valence-corrected chi connectivity index (χ1v) is 11.8. The number of hydrogen-bond donors (Lipinski definition) is 0. The summed E-state index contributed by atoms with van der Waals surface area (Å²) < 4.78 is 3.66. The van der Waals surface area contributed by atoms with Crippen LogP contribution in [0.4, 0.5) is 0 Å². The molecule has 6 aromatic rings. The molecule has 32 heavy (non-hydrogen) atoms. The fourth-order valence-corrected chi connectivity index (χ4v) is 5.08. The van der Waals surface area contributed by atoms with E-state index in [0.29, 0.717) is 0 Å². The van der Waals surface area contributed by atoms with E-state index in [1.54, 1.807) is 0 Å². The molecular formula is C30H20IN. The Bertz CT molecular complexity index is 1560. The van der Waals surface area contributed by atoms with E-state index in [9.17, 15) is 0 Å². The van der Waals surface area contributed by atoms with E-state index in [-0.39, 0.29) is 0 Å². The molecule has 0 N–H and O–H groups in total. The molecule has 0 unspecified atom stereocenters. The van der Waals surface area contributed by atoms with Crippen molar-refractivity contribution in [3.63, 3.8) is 0 Å². The van der Waals surface area contributed by atoms with Gasteiger partial charge < -0.3 is 4.57 Å². The largest absolute Gasteiger partial charge is 0.309 e. The van der Waals surface area contributed by atoms with Gasteiger partial charge in [0, 0.05) is 19.9 Å². The maximum Gasteiger partial charge on any atom is 0.0542 e. The van der Waals surface area contributed by atoms with Gasteiger partial charge in [-0.15, -0.1) is 0 Å². The first-order chi connectivity index (χ1) is 15.8. The standard InChI is InChI=1S/C30H20IN/c31-24-18-19-30-27(20-24)26-11-5-7-13-29(26)32(30)28-12-6-4-10-25(28)23-16-14-22(15-17-23)21-8-2-1-3-9-21/h1-20H. The van der Waals surface area contributed by atoms with Crippen molar-refractivity contribution in [2.75, 3.05) is 0 Å². The Hall–Kier alpha value is -3.37. The minimum atomic E-state index is 1.20. The molecule has 0 saturated heterocycles. The van der Waals surface area contributed by atoms with Crippen molar-refractivity contribution in [3.8, 4) is 27.9 Å². The van der Waals surface area contributed by atoms with Crippen molar-refractivity contribution in [2.24, 2.45) is 0 Å². The number of fused-ring (bicyclic) bond motifs is 3. The van der Waals surface area contributed by atoms with Crippen LogP contribution in [-0.2, 0) is 0 Å². The zero-order valence-corrected chi connectivity index (χ0v) is 19.5. The van der Waals surface area contributed by atoms with Gasteiger partial charge in [-0.05, 0) is 69.6 Å². The van der Waals surface area contributed by atoms with E-state index in [1.165, 1.54) is 53.3 Å². The number of para-hydroxylation sites is 2. The molecule has 0 saturated carbocycles. The molecule has 0 fully saturated rings. The van der Waals surface area contributed by atoms with Crippen molar-refractivity contribution < 1.29 is 0 Å². The van der Waals surface area contributed by atoms with Crippen LogP contribution in [-0.4, -0.2) is 4.57 Å². The minimum Gasteiger partial charge on any atom is -0.309 e. The zero-order valence-electron chi connectivity index (χ0n) is 17.4. The number of aromatic nitrogens is 1. The minimum absolute atomic E-state index is 1.20. The molecule has 1 nitrogen and oxygen atoms in total. The van der Waals surface area contributed by atoms with Crippen LogP contribution >= 0.6 is 22.6 Å². The van der Waals surface area contributed by atoms with Gasteiger partial charge in [-0.2, -0.15) is 0 Å². The highest BCUT2D eigenvalue weighted by molar-refractivity contribution is 14.1. The Kier molecular flexibility index (Phi) is 4.80. The van der Waals surface area contributed by atoms with Gasteiger partial charge in [0.05, 0.1) is 16.7 Å². The van der Waals surface area contributed by atoms with E-state index >= 15 is 0 Å². The highest BCUT2D eigenvalue weighted by Crippen LogP contribution is 2.37. The lowest BCUT2D eigenvalue weighted by molar-refractivity contribution is 1.18. The summed E-state index contributed by atoms with van der Waals surface area (Å²) in [4.78, 5) is 0. The van der Waals surface area contributed by atoms with Crippen molar-refractivity contribution in [1.82, 2.24) is 4.57 Å². The highest BCUT2D eigenvalue weighted by Gasteiger charge is 2.15. The average Bonchev–Trinajstić information content (AvgIpc) is 3.18. The van der Waals surface area contributed by atoms with E-state index < -0.39 is 0 Å². The molecule has 152 valence electrons. The Morgan fingerprint density at radius 3 is 1.94 bits per heavy atom. The maximum absolute atomic E-state index is 2.40. The molecule has 2 heteroatoms. The van der Waals surface area contributed by atoms with Gasteiger partial charge in [-0.25, -0.2) is 0 Å². The molecule has 0 atom stereocenters. The molecule has 0 bridgehead atoms.